The molecule has 0 bridgehead atoms. The Hall–Kier alpha value is -0.840. The number of likely N-dealkylation sites (N-methyl/N-ethyl adjacent to an activating group) is 1. The minimum absolute atomic E-state index is 0.0377. The van der Waals surface area contributed by atoms with Crippen molar-refractivity contribution >= 4 is 11.6 Å². The van der Waals surface area contributed by atoms with Crippen molar-refractivity contribution in [2.24, 2.45) is 0 Å². The molecule has 0 saturated carbocycles. The molecule has 1 aromatic heterocycles. The third-order valence-electron chi connectivity index (χ3n) is 3.73. The summed E-state index contributed by atoms with van der Waals surface area (Å²) in [4.78, 5) is 14.7. The number of hydrogen-bond acceptors (Lipinski definition) is 3. The molecule has 0 radical (unpaired) electrons. The van der Waals surface area contributed by atoms with Gasteiger partial charge in [-0.25, -0.2) is 0 Å². The van der Waals surface area contributed by atoms with Crippen LogP contribution in [-0.4, -0.2) is 36.3 Å². The largest absolute Gasteiger partial charge is 0.383 e. The molecular weight excluding hydrogens is 264 g/mol. The fourth-order valence-corrected chi connectivity index (χ4v) is 2.82. The molecule has 5 heteroatoms. The summed E-state index contributed by atoms with van der Waals surface area (Å²) in [5.41, 5.74) is 3.12. The summed E-state index contributed by atoms with van der Waals surface area (Å²) in [5.74, 6) is 0.269. The summed E-state index contributed by atoms with van der Waals surface area (Å²) in [7, 11) is 1.65. The Balaban J connectivity index is 2.43. The number of nitrogens with zero attached hydrogens (tertiary/aromatic N) is 2. The summed E-state index contributed by atoms with van der Waals surface area (Å²) >= 11 is 5.89. The van der Waals surface area contributed by atoms with Crippen molar-refractivity contribution in [3.8, 4) is 0 Å². The molecule has 2 heterocycles. The van der Waals surface area contributed by atoms with Crippen molar-refractivity contribution in [3.05, 3.63) is 33.2 Å². The molecule has 0 N–H and O–H groups in total. The van der Waals surface area contributed by atoms with E-state index in [-0.39, 0.29) is 11.4 Å². The average molecular weight is 285 g/mol. The molecule has 0 atom stereocenters. The van der Waals surface area contributed by atoms with Gasteiger partial charge in [0.05, 0.1) is 12.5 Å². The van der Waals surface area contributed by atoms with E-state index in [1.54, 1.807) is 7.11 Å². The Morgan fingerprint density at radius 1 is 1.47 bits per heavy atom. The first-order chi connectivity index (χ1) is 9.21. The molecule has 0 unspecified atom stereocenters. The predicted octanol–water partition coefficient (Wildman–Crippen LogP) is 1.61. The second-order valence-corrected chi connectivity index (χ2v) is 5.11. The van der Waals surface area contributed by atoms with Gasteiger partial charge in [-0.15, -0.1) is 11.6 Å². The molecule has 19 heavy (non-hydrogen) atoms. The van der Waals surface area contributed by atoms with Gasteiger partial charge in [-0.1, -0.05) is 6.92 Å². The van der Waals surface area contributed by atoms with Gasteiger partial charge in [0.25, 0.3) is 5.56 Å². The van der Waals surface area contributed by atoms with E-state index in [0.29, 0.717) is 18.7 Å². The van der Waals surface area contributed by atoms with Crippen molar-refractivity contribution in [3.63, 3.8) is 0 Å². The van der Waals surface area contributed by atoms with E-state index in [9.17, 15) is 4.79 Å². The number of rotatable bonds is 5. The zero-order valence-corrected chi connectivity index (χ0v) is 12.4. The Morgan fingerprint density at radius 3 is 2.89 bits per heavy atom. The van der Waals surface area contributed by atoms with Crippen LogP contribution in [-0.2, 0) is 30.1 Å². The first kappa shape index (κ1) is 14.6. The fourth-order valence-electron chi connectivity index (χ4n) is 2.63. The maximum atomic E-state index is 12.3. The van der Waals surface area contributed by atoms with Gasteiger partial charge < -0.3 is 9.30 Å². The molecule has 0 fully saturated rings. The molecule has 1 aromatic rings. The summed E-state index contributed by atoms with van der Waals surface area (Å²) < 4.78 is 6.96. The van der Waals surface area contributed by atoms with Gasteiger partial charge in [0.2, 0.25) is 0 Å². The lowest BCUT2D eigenvalue weighted by molar-refractivity contribution is 0.183. The van der Waals surface area contributed by atoms with Crippen molar-refractivity contribution < 1.29 is 4.74 Å². The number of methoxy groups -OCH3 is 1. The van der Waals surface area contributed by atoms with E-state index >= 15 is 0 Å². The molecule has 1 aliphatic heterocycles. The number of pyridine rings is 1. The molecule has 0 aromatic carbocycles. The number of halogens is 1. The first-order valence-corrected chi connectivity index (χ1v) is 7.26. The van der Waals surface area contributed by atoms with E-state index in [1.807, 2.05) is 10.6 Å². The molecule has 0 aliphatic carbocycles. The van der Waals surface area contributed by atoms with Crippen molar-refractivity contribution in [2.75, 3.05) is 26.8 Å². The van der Waals surface area contributed by atoms with Crippen LogP contribution in [0.25, 0.3) is 0 Å². The van der Waals surface area contributed by atoms with Crippen molar-refractivity contribution in [1.82, 2.24) is 9.47 Å². The summed E-state index contributed by atoms with van der Waals surface area (Å²) in [5, 5.41) is 0. The van der Waals surface area contributed by atoms with Gasteiger partial charge in [-0.3, -0.25) is 9.69 Å². The summed E-state index contributed by atoms with van der Waals surface area (Å²) in [6.45, 7) is 6.27. The van der Waals surface area contributed by atoms with Crippen LogP contribution in [0.1, 0.15) is 23.7 Å². The second-order valence-electron chi connectivity index (χ2n) is 4.84. The molecule has 2 rings (SSSR count). The predicted molar refractivity (Wildman–Crippen MR) is 76.8 cm³/mol. The monoisotopic (exact) mass is 284 g/mol. The lowest BCUT2D eigenvalue weighted by atomic mass is 10.0. The van der Waals surface area contributed by atoms with Crippen LogP contribution < -0.4 is 5.56 Å². The van der Waals surface area contributed by atoms with Crippen LogP contribution in [0.15, 0.2) is 10.9 Å². The maximum absolute atomic E-state index is 12.3. The third kappa shape index (κ3) is 3.02. The van der Waals surface area contributed by atoms with Crippen LogP contribution >= 0.6 is 11.6 Å². The minimum Gasteiger partial charge on any atom is -0.383 e. The van der Waals surface area contributed by atoms with Gasteiger partial charge >= 0.3 is 0 Å². The normalized spacial score (nSPS) is 15.5. The molecule has 0 amide bonds. The molecule has 1 aliphatic rings. The van der Waals surface area contributed by atoms with E-state index in [4.69, 9.17) is 16.3 Å². The van der Waals surface area contributed by atoms with Crippen LogP contribution in [0.2, 0.25) is 0 Å². The van der Waals surface area contributed by atoms with Crippen molar-refractivity contribution in [2.45, 2.75) is 32.3 Å². The highest BCUT2D eigenvalue weighted by molar-refractivity contribution is 6.17. The van der Waals surface area contributed by atoms with Crippen molar-refractivity contribution in [1.29, 1.82) is 0 Å². The van der Waals surface area contributed by atoms with E-state index in [1.165, 1.54) is 5.56 Å². The Labute approximate surface area is 118 Å². The zero-order valence-electron chi connectivity index (χ0n) is 11.6. The SMILES string of the molecule is CCN1CCc2c(cc(CCl)c(=O)n2CCOC)C1. The molecule has 0 spiro atoms. The molecular formula is C14H21ClN2O2. The van der Waals surface area contributed by atoms with E-state index in [2.05, 4.69) is 11.8 Å². The van der Waals surface area contributed by atoms with Gasteiger partial charge in [0, 0.05) is 44.4 Å². The minimum atomic E-state index is 0.0377. The number of alkyl halides is 1. The molecule has 4 nitrogen and oxygen atoms in total. The highest BCUT2D eigenvalue weighted by Crippen LogP contribution is 2.19. The van der Waals surface area contributed by atoms with E-state index in [0.717, 1.165) is 31.7 Å². The Bertz CT molecular complexity index is 499. The smallest absolute Gasteiger partial charge is 0.255 e. The first-order valence-electron chi connectivity index (χ1n) is 6.73. The topological polar surface area (TPSA) is 34.5 Å². The van der Waals surface area contributed by atoms with Crippen LogP contribution in [0, 0.1) is 0 Å². The Morgan fingerprint density at radius 2 is 2.26 bits per heavy atom. The number of ether oxygens (including phenoxy) is 1. The highest BCUT2D eigenvalue weighted by Gasteiger charge is 2.20. The van der Waals surface area contributed by atoms with Crippen LogP contribution in [0.3, 0.4) is 0 Å². The third-order valence-corrected chi connectivity index (χ3v) is 4.02. The van der Waals surface area contributed by atoms with Gasteiger partial charge in [-0.2, -0.15) is 0 Å². The van der Waals surface area contributed by atoms with Gasteiger partial charge in [-0.05, 0) is 18.2 Å². The van der Waals surface area contributed by atoms with Gasteiger partial charge in [0.15, 0.2) is 0 Å². The Kier molecular flexibility index (Phi) is 5.02. The standard InChI is InChI=1S/C14H21ClN2O2/c1-3-16-5-4-13-12(10-16)8-11(9-15)14(18)17(13)6-7-19-2/h8H,3-7,9-10H2,1-2H3. The fraction of sp³-hybridized carbons (Fsp3) is 0.643. The highest BCUT2D eigenvalue weighted by atomic mass is 35.5. The van der Waals surface area contributed by atoms with E-state index < -0.39 is 0 Å². The molecule has 106 valence electrons. The average Bonchev–Trinajstić information content (AvgIpc) is 2.45. The second kappa shape index (κ2) is 6.55. The lowest BCUT2D eigenvalue weighted by Crippen LogP contribution is -2.37. The number of fused-ring (bicyclic) bond motifs is 1. The maximum Gasteiger partial charge on any atom is 0.255 e. The lowest BCUT2D eigenvalue weighted by Gasteiger charge is -2.30. The quantitative estimate of drug-likeness (QED) is 0.771. The van der Waals surface area contributed by atoms with Crippen LogP contribution in [0.4, 0.5) is 0 Å². The summed E-state index contributed by atoms with van der Waals surface area (Å²) in [6.07, 6.45) is 0.921. The van der Waals surface area contributed by atoms with Gasteiger partial charge in [0.1, 0.15) is 0 Å². The number of hydrogen-bond donors (Lipinski definition) is 0. The molecule has 0 saturated heterocycles. The summed E-state index contributed by atoms with van der Waals surface area (Å²) in [6, 6.07) is 1.98. The zero-order chi connectivity index (χ0) is 13.8. The number of aromatic nitrogens is 1. The van der Waals surface area contributed by atoms with Crippen LogP contribution in [0.5, 0.6) is 0 Å².